The van der Waals surface area contributed by atoms with E-state index in [4.69, 9.17) is 10.5 Å². The van der Waals surface area contributed by atoms with Crippen molar-refractivity contribution < 1.29 is 17.9 Å². The third-order valence-electron chi connectivity index (χ3n) is 2.99. The number of carbonyl (C=O) groups is 1. The van der Waals surface area contributed by atoms with Crippen LogP contribution in [0.1, 0.15) is 13.3 Å². The van der Waals surface area contributed by atoms with Gasteiger partial charge >= 0.3 is 0 Å². The number of carbonyl (C=O) groups excluding carboxylic acids is 1. The van der Waals surface area contributed by atoms with Gasteiger partial charge in [0.15, 0.2) is 9.84 Å². The zero-order chi connectivity index (χ0) is 13.1. The van der Waals surface area contributed by atoms with Crippen LogP contribution in [0.15, 0.2) is 0 Å². The maximum atomic E-state index is 11.9. The van der Waals surface area contributed by atoms with E-state index in [1.165, 1.54) is 7.11 Å². The molecule has 1 fully saturated rings. The van der Waals surface area contributed by atoms with Crippen LogP contribution >= 0.6 is 0 Å². The lowest BCUT2D eigenvalue weighted by Gasteiger charge is -2.34. The summed E-state index contributed by atoms with van der Waals surface area (Å²) in [7, 11) is -1.48. The summed E-state index contributed by atoms with van der Waals surface area (Å²) < 4.78 is 27.8. The van der Waals surface area contributed by atoms with E-state index in [0.717, 1.165) is 0 Å². The summed E-state index contributed by atoms with van der Waals surface area (Å²) in [6.45, 7) is 2.30. The van der Waals surface area contributed by atoms with Crippen molar-refractivity contribution in [1.82, 2.24) is 4.90 Å². The van der Waals surface area contributed by atoms with Gasteiger partial charge in [-0.2, -0.15) is 0 Å². The molecule has 0 aromatic carbocycles. The molecule has 0 saturated carbocycles. The molecule has 7 heteroatoms. The van der Waals surface area contributed by atoms with Crippen LogP contribution in [0.5, 0.6) is 0 Å². The predicted molar refractivity (Wildman–Crippen MR) is 64.3 cm³/mol. The van der Waals surface area contributed by atoms with Crippen LogP contribution in [0.25, 0.3) is 0 Å². The van der Waals surface area contributed by atoms with E-state index >= 15 is 0 Å². The predicted octanol–water partition coefficient (Wildman–Crippen LogP) is -1.00. The van der Waals surface area contributed by atoms with E-state index in [1.807, 2.05) is 0 Å². The standard InChI is InChI=1S/C10H20N2O4S/c1-8-7-17(14,15)4-3-12(8)10(13)5-9(6-11)16-2/h8-9H,3-7,11H2,1-2H3. The average Bonchev–Trinajstić information content (AvgIpc) is 2.24. The minimum absolute atomic E-state index is 0.0407. The van der Waals surface area contributed by atoms with Crippen molar-refractivity contribution in [1.29, 1.82) is 0 Å². The molecule has 2 N–H and O–H groups in total. The van der Waals surface area contributed by atoms with Gasteiger partial charge in [0, 0.05) is 26.2 Å². The third-order valence-corrected chi connectivity index (χ3v) is 4.78. The van der Waals surface area contributed by atoms with Gasteiger partial charge in [0.05, 0.1) is 24.0 Å². The van der Waals surface area contributed by atoms with Crippen molar-refractivity contribution in [2.45, 2.75) is 25.5 Å². The molecule has 1 heterocycles. The zero-order valence-corrected chi connectivity index (χ0v) is 11.1. The van der Waals surface area contributed by atoms with Crippen LogP contribution in [0.4, 0.5) is 0 Å². The molecule has 0 radical (unpaired) electrons. The summed E-state index contributed by atoms with van der Waals surface area (Å²) in [6, 6.07) is -0.267. The van der Waals surface area contributed by atoms with Crippen molar-refractivity contribution in [3.63, 3.8) is 0 Å². The van der Waals surface area contributed by atoms with E-state index in [1.54, 1.807) is 11.8 Å². The summed E-state index contributed by atoms with van der Waals surface area (Å²) in [5.41, 5.74) is 5.45. The Hall–Kier alpha value is -0.660. The Labute approximate surface area is 102 Å². The van der Waals surface area contributed by atoms with E-state index in [2.05, 4.69) is 0 Å². The van der Waals surface area contributed by atoms with Crippen molar-refractivity contribution in [2.24, 2.45) is 5.73 Å². The first-order chi connectivity index (χ1) is 7.89. The highest BCUT2D eigenvalue weighted by atomic mass is 32.2. The summed E-state index contributed by atoms with van der Waals surface area (Å²) in [5.74, 6) is -0.00719. The second-order valence-corrected chi connectivity index (χ2v) is 6.58. The Balaban J connectivity index is 2.59. The highest BCUT2D eigenvalue weighted by molar-refractivity contribution is 7.91. The summed E-state index contributed by atoms with van der Waals surface area (Å²) in [4.78, 5) is 13.5. The Kier molecular flexibility index (Phi) is 4.91. The van der Waals surface area contributed by atoms with Crippen LogP contribution < -0.4 is 5.73 Å². The number of nitrogens with zero attached hydrogens (tertiary/aromatic N) is 1. The zero-order valence-electron chi connectivity index (χ0n) is 10.3. The number of hydrogen-bond acceptors (Lipinski definition) is 5. The Bertz CT molecular complexity index is 365. The molecule has 100 valence electrons. The number of ether oxygens (including phenoxy) is 1. The fourth-order valence-corrected chi connectivity index (χ4v) is 3.50. The van der Waals surface area contributed by atoms with Gasteiger partial charge in [-0.25, -0.2) is 8.42 Å². The van der Waals surface area contributed by atoms with E-state index in [9.17, 15) is 13.2 Å². The first-order valence-corrected chi connectivity index (χ1v) is 7.44. The first-order valence-electron chi connectivity index (χ1n) is 5.62. The highest BCUT2D eigenvalue weighted by Gasteiger charge is 2.31. The summed E-state index contributed by atoms with van der Waals surface area (Å²) in [6.07, 6.45) is -0.0922. The monoisotopic (exact) mass is 264 g/mol. The van der Waals surface area contributed by atoms with Crippen molar-refractivity contribution in [3.05, 3.63) is 0 Å². The Morgan fingerprint density at radius 1 is 1.59 bits per heavy atom. The molecule has 1 rings (SSSR count). The summed E-state index contributed by atoms with van der Waals surface area (Å²) >= 11 is 0. The van der Waals surface area contributed by atoms with Crippen LogP contribution in [-0.2, 0) is 19.4 Å². The highest BCUT2D eigenvalue weighted by Crippen LogP contribution is 2.13. The van der Waals surface area contributed by atoms with Crippen LogP contribution in [0, 0.1) is 0 Å². The lowest BCUT2D eigenvalue weighted by Crippen LogP contribution is -2.50. The molecular weight excluding hydrogens is 244 g/mol. The van der Waals surface area contributed by atoms with Gasteiger partial charge in [0.2, 0.25) is 5.91 Å². The molecule has 0 aliphatic carbocycles. The van der Waals surface area contributed by atoms with Gasteiger partial charge in [-0.3, -0.25) is 4.79 Å². The molecule has 1 amide bonds. The molecule has 6 nitrogen and oxygen atoms in total. The van der Waals surface area contributed by atoms with Crippen molar-refractivity contribution in [3.8, 4) is 0 Å². The molecule has 0 spiro atoms. The van der Waals surface area contributed by atoms with Gasteiger partial charge in [-0.15, -0.1) is 0 Å². The van der Waals surface area contributed by atoms with Gasteiger partial charge in [-0.1, -0.05) is 0 Å². The van der Waals surface area contributed by atoms with Crippen LogP contribution in [0.2, 0.25) is 0 Å². The molecule has 0 aromatic rings. The molecule has 1 aliphatic rings. The normalized spacial score (nSPS) is 25.6. The molecule has 1 aliphatic heterocycles. The Morgan fingerprint density at radius 2 is 2.24 bits per heavy atom. The minimum Gasteiger partial charge on any atom is -0.380 e. The average molecular weight is 264 g/mol. The number of sulfone groups is 1. The Morgan fingerprint density at radius 3 is 2.71 bits per heavy atom. The first kappa shape index (κ1) is 14.4. The van der Waals surface area contributed by atoms with Gasteiger partial charge < -0.3 is 15.4 Å². The van der Waals surface area contributed by atoms with Gasteiger partial charge in [0.25, 0.3) is 0 Å². The molecule has 2 atom stereocenters. The van der Waals surface area contributed by atoms with Crippen molar-refractivity contribution >= 4 is 15.7 Å². The lowest BCUT2D eigenvalue weighted by atomic mass is 10.2. The lowest BCUT2D eigenvalue weighted by molar-refractivity contribution is -0.135. The minimum atomic E-state index is -2.99. The molecule has 1 saturated heterocycles. The van der Waals surface area contributed by atoms with E-state index in [-0.39, 0.29) is 49.1 Å². The largest absolute Gasteiger partial charge is 0.380 e. The number of nitrogens with two attached hydrogens (primary N) is 1. The number of methoxy groups -OCH3 is 1. The second-order valence-electron chi connectivity index (χ2n) is 4.35. The molecular formula is C10H20N2O4S. The number of rotatable bonds is 4. The van der Waals surface area contributed by atoms with E-state index < -0.39 is 9.84 Å². The van der Waals surface area contributed by atoms with Gasteiger partial charge in [0.1, 0.15) is 0 Å². The second kappa shape index (κ2) is 5.79. The smallest absolute Gasteiger partial charge is 0.225 e. The number of hydrogen-bond donors (Lipinski definition) is 1. The quantitative estimate of drug-likeness (QED) is 0.703. The fraction of sp³-hybridized carbons (Fsp3) is 0.900. The number of amides is 1. The molecule has 17 heavy (non-hydrogen) atoms. The SMILES string of the molecule is COC(CN)CC(=O)N1CCS(=O)(=O)CC1C. The maximum absolute atomic E-state index is 11.9. The maximum Gasteiger partial charge on any atom is 0.225 e. The molecule has 2 unspecified atom stereocenters. The van der Waals surface area contributed by atoms with Gasteiger partial charge in [-0.05, 0) is 6.92 Å². The fourth-order valence-electron chi connectivity index (χ4n) is 1.94. The van der Waals surface area contributed by atoms with E-state index in [0.29, 0.717) is 0 Å². The molecule has 0 aromatic heterocycles. The third kappa shape index (κ3) is 3.93. The molecule has 0 bridgehead atoms. The topological polar surface area (TPSA) is 89.7 Å². The van der Waals surface area contributed by atoms with Crippen LogP contribution in [-0.4, -0.2) is 63.1 Å². The summed E-state index contributed by atoms with van der Waals surface area (Å²) in [5, 5.41) is 0. The van der Waals surface area contributed by atoms with Crippen LogP contribution in [0.3, 0.4) is 0 Å². The van der Waals surface area contributed by atoms with Crippen molar-refractivity contribution in [2.75, 3.05) is 31.7 Å².